The van der Waals surface area contributed by atoms with Crippen LogP contribution in [0.5, 0.6) is 0 Å². The lowest BCUT2D eigenvalue weighted by atomic mass is 10.1. The van der Waals surface area contributed by atoms with Crippen molar-refractivity contribution in [3.63, 3.8) is 0 Å². The number of sulfonamides is 1. The molecular formula is C15H17NO4S2. The molecule has 0 fully saturated rings. The fraction of sp³-hybridized carbons (Fsp3) is 0.200. The number of hydrogen-bond acceptors (Lipinski definition) is 4. The number of sulfone groups is 1. The van der Waals surface area contributed by atoms with Gasteiger partial charge in [-0.3, -0.25) is 4.72 Å². The minimum atomic E-state index is -3.70. The molecule has 0 bridgehead atoms. The van der Waals surface area contributed by atoms with Crippen LogP contribution in [0.3, 0.4) is 0 Å². The molecule has 0 aromatic heterocycles. The van der Waals surface area contributed by atoms with Crippen molar-refractivity contribution in [1.82, 2.24) is 0 Å². The van der Waals surface area contributed by atoms with Gasteiger partial charge in [0, 0.05) is 11.9 Å². The summed E-state index contributed by atoms with van der Waals surface area (Å²) in [7, 11) is -7.00. The van der Waals surface area contributed by atoms with E-state index in [2.05, 4.69) is 4.72 Å². The van der Waals surface area contributed by atoms with Crippen LogP contribution in [0.15, 0.2) is 52.3 Å². The topological polar surface area (TPSA) is 80.3 Å². The highest BCUT2D eigenvalue weighted by Gasteiger charge is 2.15. The molecule has 0 spiro atoms. The van der Waals surface area contributed by atoms with Gasteiger partial charge in [0.15, 0.2) is 9.84 Å². The summed E-state index contributed by atoms with van der Waals surface area (Å²) in [6.07, 6.45) is 1.10. The Bertz CT molecular complexity index is 899. The van der Waals surface area contributed by atoms with Gasteiger partial charge in [0.2, 0.25) is 0 Å². The van der Waals surface area contributed by atoms with Gasteiger partial charge in [0.25, 0.3) is 10.0 Å². The van der Waals surface area contributed by atoms with Gasteiger partial charge in [-0.2, -0.15) is 0 Å². The van der Waals surface area contributed by atoms with Crippen LogP contribution in [0.2, 0.25) is 0 Å². The highest BCUT2D eigenvalue weighted by molar-refractivity contribution is 7.92. The maximum Gasteiger partial charge on any atom is 0.261 e. The van der Waals surface area contributed by atoms with Crippen molar-refractivity contribution in [2.45, 2.75) is 23.6 Å². The van der Waals surface area contributed by atoms with E-state index in [0.29, 0.717) is 5.69 Å². The van der Waals surface area contributed by atoms with Crippen LogP contribution in [-0.4, -0.2) is 23.1 Å². The van der Waals surface area contributed by atoms with Crippen molar-refractivity contribution in [1.29, 1.82) is 0 Å². The Morgan fingerprint density at radius 3 is 1.82 bits per heavy atom. The summed E-state index contributed by atoms with van der Waals surface area (Å²) < 4.78 is 49.8. The Balaban J connectivity index is 2.30. The first-order chi connectivity index (χ1) is 10.1. The first-order valence-corrected chi connectivity index (χ1v) is 9.87. The van der Waals surface area contributed by atoms with E-state index in [1.807, 2.05) is 13.8 Å². The zero-order valence-electron chi connectivity index (χ0n) is 12.5. The second-order valence-corrected chi connectivity index (χ2v) is 8.85. The van der Waals surface area contributed by atoms with Crippen molar-refractivity contribution >= 4 is 25.5 Å². The lowest BCUT2D eigenvalue weighted by molar-refractivity contribution is 0.600. The molecular weight excluding hydrogens is 322 g/mol. The molecule has 0 aliphatic heterocycles. The minimum absolute atomic E-state index is 0.140. The van der Waals surface area contributed by atoms with E-state index in [4.69, 9.17) is 0 Å². The number of nitrogens with one attached hydrogen (secondary N) is 1. The Hall–Kier alpha value is -1.86. The van der Waals surface area contributed by atoms with Crippen LogP contribution in [-0.2, 0) is 19.9 Å². The number of aryl methyl sites for hydroxylation is 2. The first-order valence-electron chi connectivity index (χ1n) is 6.50. The maximum atomic E-state index is 12.3. The molecule has 1 N–H and O–H groups in total. The molecule has 0 amide bonds. The monoisotopic (exact) mass is 339 g/mol. The van der Waals surface area contributed by atoms with Gasteiger partial charge in [0.1, 0.15) is 0 Å². The molecule has 0 unspecified atom stereocenters. The molecule has 5 nitrogen and oxygen atoms in total. The van der Waals surface area contributed by atoms with Gasteiger partial charge in [-0.15, -0.1) is 0 Å². The molecule has 2 aromatic rings. The second kappa shape index (κ2) is 5.73. The number of benzene rings is 2. The summed E-state index contributed by atoms with van der Waals surface area (Å²) in [4.78, 5) is 0.310. The van der Waals surface area contributed by atoms with Crippen LogP contribution in [0, 0.1) is 13.8 Å². The fourth-order valence-electron chi connectivity index (χ4n) is 1.87. The average molecular weight is 339 g/mol. The third-order valence-corrected chi connectivity index (χ3v) is 5.83. The summed E-state index contributed by atoms with van der Waals surface area (Å²) in [6.45, 7) is 3.75. The molecule has 7 heteroatoms. The SMILES string of the molecule is Cc1ccc(S(=O)(=O)Nc2ccc(S(C)(=O)=O)cc2)cc1C. The van der Waals surface area contributed by atoms with Crippen LogP contribution in [0.25, 0.3) is 0 Å². The van der Waals surface area contributed by atoms with Crippen molar-refractivity contribution in [3.8, 4) is 0 Å². The lowest BCUT2D eigenvalue weighted by Gasteiger charge is -2.10. The summed E-state index contributed by atoms with van der Waals surface area (Å²) in [5.41, 5.74) is 2.21. The van der Waals surface area contributed by atoms with E-state index in [0.717, 1.165) is 17.4 Å². The predicted molar refractivity (Wildman–Crippen MR) is 86.3 cm³/mol. The maximum absolute atomic E-state index is 12.3. The predicted octanol–water partition coefficient (Wildman–Crippen LogP) is 2.51. The van der Waals surface area contributed by atoms with E-state index < -0.39 is 19.9 Å². The minimum Gasteiger partial charge on any atom is -0.280 e. The molecule has 118 valence electrons. The van der Waals surface area contributed by atoms with Gasteiger partial charge in [-0.25, -0.2) is 16.8 Å². The van der Waals surface area contributed by atoms with Crippen LogP contribution >= 0.6 is 0 Å². The molecule has 2 rings (SSSR count). The first kappa shape index (κ1) is 16.5. The molecule has 0 radical (unpaired) electrons. The fourth-order valence-corrected chi connectivity index (χ4v) is 3.64. The van der Waals surface area contributed by atoms with Gasteiger partial charge in [-0.05, 0) is 61.4 Å². The summed E-state index contributed by atoms with van der Waals surface area (Å²) in [5.74, 6) is 0. The van der Waals surface area contributed by atoms with Gasteiger partial charge < -0.3 is 0 Å². The van der Waals surface area contributed by atoms with Crippen molar-refractivity contribution < 1.29 is 16.8 Å². The van der Waals surface area contributed by atoms with Gasteiger partial charge in [0.05, 0.1) is 9.79 Å². The normalized spacial score (nSPS) is 12.1. The summed E-state index contributed by atoms with van der Waals surface area (Å²) in [5, 5.41) is 0. The molecule has 0 aliphatic rings. The standard InChI is InChI=1S/C15H17NO4S2/c1-11-4-7-15(10-12(11)2)22(19,20)16-13-5-8-14(9-6-13)21(3,17)18/h4-10,16H,1-3H3. The lowest BCUT2D eigenvalue weighted by Crippen LogP contribution is -2.13. The Morgan fingerprint density at radius 1 is 0.773 bits per heavy atom. The molecule has 0 aliphatic carbocycles. The van der Waals surface area contributed by atoms with Crippen molar-refractivity contribution in [2.24, 2.45) is 0 Å². The van der Waals surface area contributed by atoms with Crippen LogP contribution in [0.4, 0.5) is 5.69 Å². The average Bonchev–Trinajstić information content (AvgIpc) is 2.41. The van der Waals surface area contributed by atoms with Crippen molar-refractivity contribution in [3.05, 3.63) is 53.6 Å². The Kier molecular flexibility index (Phi) is 4.30. The number of anilines is 1. The zero-order chi connectivity index (χ0) is 16.5. The highest BCUT2D eigenvalue weighted by atomic mass is 32.2. The van der Waals surface area contributed by atoms with E-state index in [1.165, 1.54) is 30.3 Å². The largest absolute Gasteiger partial charge is 0.280 e. The van der Waals surface area contributed by atoms with E-state index in [1.54, 1.807) is 12.1 Å². The Morgan fingerprint density at radius 2 is 1.32 bits per heavy atom. The molecule has 0 saturated heterocycles. The second-order valence-electron chi connectivity index (χ2n) is 5.15. The molecule has 2 aromatic carbocycles. The molecule has 0 atom stereocenters. The summed E-state index contributed by atoms with van der Waals surface area (Å²) >= 11 is 0. The van der Waals surface area contributed by atoms with E-state index in [9.17, 15) is 16.8 Å². The third-order valence-electron chi connectivity index (χ3n) is 3.32. The number of rotatable bonds is 4. The van der Waals surface area contributed by atoms with E-state index >= 15 is 0 Å². The van der Waals surface area contributed by atoms with Crippen LogP contribution < -0.4 is 4.72 Å². The quantitative estimate of drug-likeness (QED) is 0.928. The molecule has 0 heterocycles. The van der Waals surface area contributed by atoms with Gasteiger partial charge in [-0.1, -0.05) is 6.07 Å². The molecule has 0 saturated carbocycles. The summed E-state index contributed by atoms with van der Waals surface area (Å²) in [6, 6.07) is 10.5. The highest BCUT2D eigenvalue weighted by Crippen LogP contribution is 2.20. The number of hydrogen-bond donors (Lipinski definition) is 1. The smallest absolute Gasteiger partial charge is 0.261 e. The molecule has 22 heavy (non-hydrogen) atoms. The third kappa shape index (κ3) is 3.66. The zero-order valence-corrected chi connectivity index (χ0v) is 14.1. The van der Waals surface area contributed by atoms with Gasteiger partial charge >= 0.3 is 0 Å². The van der Waals surface area contributed by atoms with E-state index in [-0.39, 0.29) is 9.79 Å². The van der Waals surface area contributed by atoms with Crippen LogP contribution in [0.1, 0.15) is 11.1 Å². The Labute approximate surface area is 131 Å². The van der Waals surface area contributed by atoms with Crippen molar-refractivity contribution in [2.75, 3.05) is 11.0 Å².